The van der Waals surface area contributed by atoms with Crippen molar-refractivity contribution in [3.05, 3.63) is 11.2 Å². The van der Waals surface area contributed by atoms with E-state index in [1.54, 1.807) is 13.3 Å². The molecular weight excluding hydrogens is 305 g/mol. The fraction of sp³-hybridized carbons (Fsp3) is 0.636. The lowest BCUT2D eigenvalue weighted by Gasteiger charge is -2.19. The van der Waals surface area contributed by atoms with Crippen LogP contribution in [0.25, 0.3) is 0 Å². The van der Waals surface area contributed by atoms with Gasteiger partial charge in [0.25, 0.3) is 0 Å². The molecule has 4 nitrogen and oxygen atoms in total. The van der Waals surface area contributed by atoms with E-state index in [0.29, 0.717) is 11.0 Å². The maximum Gasteiger partial charge on any atom is 0.318 e. The molecule has 17 heavy (non-hydrogen) atoms. The summed E-state index contributed by atoms with van der Waals surface area (Å²) in [7, 11) is 3.52. The maximum atomic E-state index is 6.06. The lowest BCUT2D eigenvalue weighted by Crippen LogP contribution is -2.20. The number of nitrogens with zero attached hydrogens (tertiary/aromatic N) is 3. The Labute approximate surface area is 115 Å². The van der Waals surface area contributed by atoms with E-state index in [2.05, 4.69) is 25.9 Å². The lowest BCUT2D eigenvalue weighted by atomic mass is 10.2. The number of methoxy groups -OCH3 is 1. The quantitative estimate of drug-likeness (QED) is 0.571. The molecule has 0 saturated heterocycles. The van der Waals surface area contributed by atoms with E-state index in [4.69, 9.17) is 16.3 Å². The molecule has 0 spiro atoms. The van der Waals surface area contributed by atoms with Gasteiger partial charge in [0.1, 0.15) is 5.02 Å². The van der Waals surface area contributed by atoms with Crippen LogP contribution in [0.5, 0.6) is 6.01 Å². The van der Waals surface area contributed by atoms with Gasteiger partial charge in [0.2, 0.25) is 0 Å². The van der Waals surface area contributed by atoms with Crippen molar-refractivity contribution in [1.29, 1.82) is 0 Å². The van der Waals surface area contributed by atoms with Crippen molar-refractivity contribution in [1.82, 2.24) is 9.97 Å². The Morgan fingerprint density at radius 1 is 1.41 bits per heavy atom. The average Bonchev–Trinajstić information content (AvgIpc) is 2.35. The molecular formula is C11H17BrClN3O. The van der Waals surface area contributed by atoms with Gasteiger partial charge in [0.15, 0.2) is 5.82 Å². The summed E-state index contributed by atoms with van der Waals surface area (Å²) in [6.07, 6.45) is 5.06. The average molecular weight is 323 g/mol. The molecule has 1 heterocycles. The van der Waals surface area contributed by atoms with Crippen LogP contribution < -0.4 is 9.64 Å². The third-order valence-electron chi connectivity index (χ3n) is 2.37. The van der Waals surface area contributed by atoms with Gasteiger partial charge in [0.05, 0.1) is 13.3 Å². The van der Waals surface area contributed by atoms with Gasteiger partial charge in [-0.3, -0.25) is 0 Å². The van der Waals surface area contributed by atoms with E-state index < -0.39 is 0 Å². The van der Waals surface area contributed by atoms with Crippen LogP contribution in [0.2, 0.25) is 5.02 Å². The molecule has 1 aromatic heterocycles. The van der Waals surface area contributed by atoms with Crippen LogP contribution in [0.1, 0.15) is 19.3 Å². The maximum absolute atomic E-state index is 6.06. The first kappa shape index (κ1) is 14.5. The highest BCUT2D eigenvalue weighted by atomic mass is 79.9. The Morgan fingerprint density at radius 2 is 2.18 bits per heavy atom. The number of hydrogen-bond acceptors (Lipinski definition) is 4. The molecule has 0 amide bonds. The van der Waals surface area contributed by atoms with E-state index in [1.807, 2.05) is 11.9 Å². The van der Waals surface area contributed by atoms with Crippen molar-refractivity contribution >= 4 is 33.3 Å². The first-order valence-electron chi connectivity index (χ1n) is 5.52. The van der Waals surface area contributed by atoms with Gasteiger partial charge >= 0.3 is 6.01 Å². The molecule has 0 aliphatic heterocycles. The van der Waals surface area contributed by atoms with Crippen LogP contribution in [0.3, 0.4) is 0 Å². The summed E-state index contributed by atoms with van der Waals surface area (Å²) in [6, 6.07) is 0.344. The summed E-state index contributed by atoms with van der Waals surface area (Å²) >= 11 is 9.48. The fourth-order valence-corrected chi connectivity index (χ4v) is 2.07. The highest BCUT2D eigenvalue weighted by Crippen LogP contribution is 2.23. The molecule has 0 unspecified atom stereocenters. The minimum Gasteiger partial charge on any atom is -0.467 e. The van der Waals surface area contributed by atoms with Crippen molar-refractivity contribution in [2.45, 2.75) is 19.3 Å². The zero-order valence-electron chi connectivity index (χ0n) is 10.1. The zero-order chi connectivity index (χ0) is 12.7. The number of anilines is 1. The van der Waals surface area contributed by atoms with Gasteiger partial charge in [-0.2, -0.15) is 4.98 Å². The largest absolute Gasteiger partial charge is 0.467 e. The van der Waals surface area contributed by atoms with Crippen molar-refractivity contribution in [3.63, 3.8) is 0 Å². The van der Waals surface area contributed by atoms with Gasteiger partial charge in [-0.1, -0.05) is 34.0 Å². The topological polar surface area (TPSA) is 38.2 Å². The summed E-state index contributed by atoms with van der Waals surface area (Å²) in [5.74, 6) is 0.720. The minimum absolute atomic E-state index is 0.344. The van der Waals surface area contributed by atoms with Crippen molar-refractivity contribution in [3.8, 4) is 6.01 Å². The van der Waals surface area contributed by atoms with Crippen LogP contribution in [0, 0.1) is 0 Å². The summed E-state index contributed by atoms with van der Waals surface area (Å²) in [4.78, 5) is 10.2. The fourth-order valence-electron chi connectivity index (χ4n) is 1.43. The predicted molar refractivity (Wildman–Crippen MR) is 74.5 cm³/mol. The Bertz CT molecular complexity index is 351. The van der Waals surface area contributed by atoms with Crippen LogP contribution in [0.4, 0.5) is 5.82 Å². The molecule has 0 fully saturated rings. The third kappa shape index (κ3) is 4.68. The van der Waals surface area contributed by atoms with Crippen LogP contribution in [0.15, 0.2) is 6.20 Å². The number of hydrogen-bond donors (Lipinski definition) is 0. The van der Waals surface area contributed by atoms with E-state index in [0.717, 1.165) is 24.1 Å². The first-order valence-corrected chi connectivity index (χ1v) is 7.02. The molecule has 0 aliphatic rings. The normalized spacial score (nSPS) is 10.4. The van der Waals surface area contributed by atoms with Gasteiger partial charge < -0.3 is 9.64 Å². The van der Waals surface area contributed by atoms with E-state index in [1.165, 1.54) is 12.8 Å². The van der Waals surface area contributed by atoms with Crippen molar-refractivity contribution in [2.24, 2.45) is 0 Å². The molecule has 96 valence electrons. The number of alkyl halides is 1. The molecule has 0 N–H and O–H groups in total. The van der Waals surface area contributed by atoms with Gasteiger partial charge in [0, 0.05) is 18.9 Å². The second-order valence-electron chi connectivity index (χ2n) is 3.70. The summed E-state index contributed by atoms with van der Waals surface area (Å²) < 4.78 is 4.99. The van der Waals surface area contributed by atoms with Gasteiger partial charge in [-0.25, -0.2) is 4.98 Å². The number of halogens is 2. The Balaban J connectivity index is 2.57. The van der Waals surface area contributed by atoms with E-state index in [-0.39, 0.29) is 0 Å². The molecule has 0 bridgehead atoms. The Hall–Kier alpha value is -0.550. The van der Waals surface area contributed by atoms with Crippen molar-refractivity contribution in [2.75, 3.05) is 30.9 Å². The Kier molecular flexibility index (Phi) is 6.58. The standard InChI is InChI=1S/C11H17BrClN3O/c1-16(7-5-3-4-6-12)10-9(13)8-14-11(15-10)17-2/h8H,3-7H2,1-2H3. The number of aromatic nitrogens is 2. The van der Waals surface area contributed by atoms with Crippen LogP contribution in [-0.4, -0.2) is 36.0 Å². The predicted octanol–water partition coefficient (Wildman–Crippen LogP) is 3.14. The first-order chi connectivity index (χ1) is 8.19. The molecule has 1 aromatic rings. The molecule has 0 aromatic carbocycles. The number of unbranched alkanes of at least 4 members (excludes halogenated alkanes) is 2. The van der Waals surface area contributed by atoms with Gasteiger partial charge in [-0.15, -0.1) is 0 Å². The van der Waals surface area contributed by atoms with Crippen LogP contribution >= 0.6 is 27.5 Å². The molecule has 0 saturated carbocycles. The monoisotopic (exact) mass is 321 g/mol. The number of rotatable bonds is 7. The highest BCUT2D eigenvalue weighted by molar-refractivity contribution is 9.09. The second-order valence-corrected chi connectivity index (χ2v) is 4.90. The van der Waals surface area contributed by atoms with Gasteiger partial charge in [-0.05, 0) is 12.8 Å². The second kappa shape index (κ2) is 7.71. The summed E-state index contributed by atoms with van der Waals surface area (Å²) in [6.45, 7) is 0.923. The molecule has 0 atom stereocenters. The molecule has 1 rings (SSSR count). The third-order valence-corrected chi connectivity index (χ3v) is 3.20. The van der Waals surface area contributed by atoms with Crippen molar-refractivity contribution < 1.29 is 4.74 Å². The lowest BCUT2D eigenvalue weighted by molar-refractivity contribution is 0.380. The zero-order valence-corrected chi connectivity index (χ0v) is 12.5. The molecule has 0 radical (unpaired) electrons. The summed E-state index contributed by atoms with van der Waals surface area (Å²) in [5, 5.41) is 1.60. The van der Waals surface area contributed by atoms with E-state index >= 15 is 0 Å². The summed E-state index contributed by atoms with van der Waals surface area (Å²) in [5.41, 5.74) is 0. The SMILES string of the molecule is COc1ncc(Cl)c(N(C)CCCCCBr)n1. The molecule has 0 aliphatic carbocycles. The smallest absolute Gasteiger partial charge is 0.318 e. The highest BCUT2D eigenvalue weighted by Gasteiger charge is 2.10. The number of ether oxygens (including phenoxy) is 1. The minimum atomic E-state index is 0.344. The molecule has 6 heteroatoms. The van der Waals surface area contributed by atoms with Crippen LogP contribution in [-0.2, 0) is 0 Å². The van der Waals surface area contributed by atoms with E-state index in [9.17, 15) is 0 Å². The Morgan fingerprint density at radius 3 is 2.82 bits per heavy atom.